The molecule has 0 aliphatic carbocycles. The highest BCUT2D eigenvalue weighted by Crippen LogP contribution is 2.33. The van der Waals surface area contributed by atoms with Crippen LogP contribution in [0.1, 0.15) is 52.9 Å². The molecule has 2 heterocycles. The molecule has 18 heavy (non-hydrogen) atoms. The first-order valence-corrected chi connectivity index (χ1v) is 7.61. The summed E-state index contributed by atoms with van der Waals surface area (Å²) in [6.07, 6.45) is 9.04. The molecule has 0 radical (unpaired) electrons. The first-order chi connectivity index (χ1) is 8.49. The normalized spacial score (nSPS) is 31.9. The van der Waals surface area contributed by atoms with Gasteiger partial charge in [0.2, 0.25) is 0 Å². The Morgan fingerprint density at radius 3 is 2.33 bits per heavy atom. The van der Waals surface area contributed by atoms with Crippen LogP contribution in [0.3, 0.4) is 0 Å². The summed E-state index contributed by atoms with van der Waals surface area (Å²) in [6, 6.07) is 1.66. The van der Waals surface area contributed by atoms with Crippen molar-refractivity contribution in [2.24, 2.45) is 5.92 Å². The maximum absolute atomic E-state index is 3.89. The van der Waals surface area contributed by atoms with Gasteiger partial charge in [0, 0.05) is 24.2 Å². The molecule has 104 valence electrons. The fraction of sp³-hybridized carbons (Fsp3) is 0.875. The van der Waals surface area contributed by atoms with Gasteiger partial charge >= 0.3 is 0 Å². The lowest BCUT2D eigenvalue weighted by Crippen LogP contribution is -2.44. The fourth-order valence-corrected chi connectivity index (χ4v) is 3.61. The number of hydrogen-bond donors (Lipinski definition) is 1. The van der Waals surface area contributed by atoms with E-state index in [4.69, 9.17) is 0 Å². The van der Waals surface area contributed by atoms with E-state index in [9.17, 15) is 0 Å². The predicted molar refractivity (Wildman–Crippen MR) is 78.8 cm³/mol. The lowest BCUT2D eigenvalue weighted by molar-refractivity contribution is 0.135. The molecule has 0 saturated carbocycles. The van der Waals surface area contributed by atoms with Crippen molar-refractivity contribution in [3.63, 3.8) is 0 Å². The number of fused-ring (bicyclic) bond motifs is 2. The van der Waals surface area contributed by atoms with Crippen molar-refractivity contribution in [2.45, 2.75) is 70.5 Å². The quantitative estimate of drug-likeness (QED) is 0.754. The third-order valence-electron chi connectivity index (χ3n) is 4.68. The standard InChI is InChI=1S/C16H30N2/c1-5-9-18(16(2,3)4)10-8-13-11-14-6-7-15(12-13)17-14/h5,13-15,17H,1,6-12H2,2-4H3. The van der Waals surface area contributed by atoms with Crippen LogP contribution in [0.15, 0.2) is 12.7 Å². The molecule has 1 N–H and O–H groups in total. The zero-order valence-electron chi connectivity index (χ0n) is 12.4. The maximum atomic E-state index is 3.89. The van der Waals surface area contributed by atoms with Crippen molar-refractivity contribution >= 4 is 0 Å². The Kier molecular flexibility index (Phi) is 4.50. The van der Waals surface area contributed by atoms with Crippen molar-refractivity contribution in [2.75, 3.05) is 13.1 Å². The number of nitrogens with zero attached hydrogens (tertiary/aromatic N) is 1. The summed E-state index contributed by atoms with van der Waals surface area (Å²) in [5.74, 6) is 0.943. The molecule has 0 aromatic rings. The Balaban J connectivity index is 1.80. The van der Waals surface area contributed by atoms with Crippen molar-refractivity contribution < 1.29 is 0 Å². The second kappa shape index (κ2) is 5.75. The van der Waals surface area contributed by atoms with Gasteiger partial charge in [-0.15, -0.1) is 6.58 Å². The fourth-order valence-electron chi connectivity index (χ4n) is 3.61. The van der Waals surface area contributed by atoms with Gasteiger partial charge in [-0.3, -0.25) is 4.90 Å². The second-order valence-electron chi connectivity index (χ2n) is 7.17. The average Bonchev–Trinajstić information content (AvgIpc) is 2.62. The summed E-state index contributed by atoms with van der Waals surface area (Å²) in [4.78, 5) is 2.56. The maximum Gasteiger partial charge on any atom is 0.0165 e. The van der Waals surface area contributed by atoms with Crippen LogP contribution in [0.5, 0.6) is 0 Å². The van der Waals surface area contributed by atoms with Gasteiger partial charge < -0.3 is 5.32 Å². The van der Waals surface area contributed by atoms with Gasteiger partial charge in [0.25, 0.3) is 0 Å². The van der Waals surface area contributed by atoms with E-state index < -0.39 is 0 Å². The van der Waals surface area contributed by atoms with Crippen LogP contribution in [-0.2, 0) is 0 Å². The number of rotatable bonds is 5. The minimum atomic E-state index is 0.264. The largest absolute Gasteiger partial charge is 0.311 e. The molecular weight excluding hydrogens is 220 g/mol. The summed E-state index contributed by atoms with van der Waals surface area (Å²) in [5.41, 5.74) is 0.264. The number of hydrogen-bond acceptors (Lipinski definition) is 2. The molecule has 2 nitrogen and oxygen atoms in total. The lowest BCUT2D eigenvalue weighted by Gasteiger charge is -2.37. The molecule has 2 rings (SSSR count). The van der Waals surface area contributed by atoms with Crippen molar-refractivity contribution in [3.8, 4) is 0 Å². The van der Waals surface area contributed by atoms with Gasteiger partial charge in [0.1, 0.15) is 0 Å². The summed E-state index contributed by atoms with van der Waals surface area (Å²) in [6.45, 7) is 13.1. The molecule has 2 aliphatic heterocycles. The first-order valence-electron chi connectivity index (χ1n) is 7.61. The Labute approximate surface area is 113 Å². The Hall–Kier alpha value is -0.340. The van der Waals surface area contributed by atoms with E-state index in [0.29, 0.717) is 0 Å². The highest BCUT2D eigenvalue weighted by Gasteiger charge is 2.33. The van der Waals surface area contributed by atoms with Crippen LogP contribution in [-0.4, -0.2) is 35.6 Å². The molecule has 2 aliphatic rings. The summed E-state index contributed by atoms with van der Waals surface area (Å²) >= 11 is 0. The topological polar surface area (TPSA) is 15.3 Å². The summed E-state index contributed by atoms with van der Waals surface area (Å²) < 4.78 is 0. The predicted octanol–water partition coefficient (Wildman–Crippen LogP) is 3.19. The van der Waals surface area contributed by atoms with Gasteiger partial charge in [-0.1, -0.05) is 6.08 Å². The molecule has 0 spiro atoms. The van der Waals surface area contributed by atoms with Crippen molar-refractivity contribution in [1.82, 2.24) is 10.2 Å². The molecular formula is C16H30N2. The Morgan fingerprint density at radius 1 is 1.22 bits per heavy atom. The smallest absolute Gasteiger partial charge is 0.0165 e. The Bertz CT molecular complexity index is 267. The summed E-state index contributed by atoms with van der Waals surface area (Å²) in [5, 5.41) is 3.73. The van der Waals surface area contributed by atoms with E-state index in [1.807, 2.05) is 6.08 Å². The molecule has 2 unspecified atom stereocenters. The lowest BCUT2D eigenvalue weighted by atomic mass is 9.89. The molecule has 0 amide bonds. The molecule has 2 atom stereocenters. The molecule has 2 heteroatoms. The van der Waals surface area contributed by atoms with Crippen LogP contribution in [0, 0.1) is 5.92 Å². The van der Waals surface area contributed by atoms with Gasteiger partial charge in [0.05, 0.1) is 0 Å². The average molecular weight is 250 g/mol. The van der Waals surface area contributed by atoms with E-state index in [1.54, 1.807) is 0 Å². The molecule has 0 aromatic carbocycles. The minimum Gasteiger partial charge on any atom is -0.311 e. The van der Waals surface area contributed by atoms with Gasteiger partial charge in [-0.05, 0) is 65.3 Å². The van der Waals surface area contributed by atoms with Gasteiger partial charge in [0.15, 0.2) is 0 Å². The molecule has 2 fully saturated rings. The van der Waals surface area contributed by atoms with Crippen LogP contribution in [0.25, 0.3) is 0 Å². The van der Waals surface area contributed by atoms with Crippen LogP contribution < -0.4 is 5.32 Å². The molecule has 0 aromatic heterocycles. The number of nitrogens with one attached hydrogen (secondary N) is 1. The van der Waals surface area contributed by atoms with Gasteiger partial charge in [-0.25, -0.2) is 0 Å². The third-order valence-corrected chi connectivity index (χ3v) is 4.68. The highest BCUT2D eigenvalue weighted by molar-refractivity contribution is 4.92. The van der Waals surface area contributed by atoms with E-state index in [-0.39, 0.29) is 5.54 Å². The zero-order valence-corrected chi connectivity index (χ0v) is 12.4. The van der Waals surface area contributed by atoms with Crippen LogP contribution >= 0.6 is 0 Å². The van der Waals surface area contributed by atoms with Gasteiger partial charge in [-0.2, -0.15) is 0 Å². The highest BCUT2D eigenvalue weighted by atomic mass is 15.2. The molecule has 2 saturated heterocycles. The van der Waals surface area contributed by atoms with E-state index in [2.05, 4.69) is 37.6 Å². The second-order valence-corrected chi connectivity index (χ2v) is 7.17. The SMILES string of the molecule is C=CCN(CCC1CC2CCC(C1)N2)C(C)(C)C. The van der Waals surface area contributed by atoms with Crippen LogP contribution in [0.4, 0.5) is 0 Å². The van der Waals surface area contributed by atoms with Crippen molar-refractivity contribution in [1.29, 1.82) is 0 Å². The van der Waals surface area contributed by atoms with Crippen LogP contribution in [0.2, 0.25) is 0 Å². The monoisotopic (exact) mass is 250 g/mol. The summed E-state index contributed by atoms with van der Waals surface area (Å²) in [7, 11) is 0. The molecule has 2 bridgehead atoms. The van der Waals surface area contributed by atoms with Crippen molar-refractivity contribution in [3.05, 3.63) is 12.7 Å². The van der Waals surface area contributed by atoms with E-state index in [1.165, 1.54) is 38.6 Å². The third kappa shape index (κ3) is 3.58. The van der Waals surface area contributed by atoms with E-state index in [0.717, 1.165) is 24.5 Å². The zero-order chi connectivity index (χ0) is 13.2. The number of piperidine rings is 1. The van der Waals surface area contributed by atoms with E-state index >= 15 is 0 Å². The Morgan fingerprint density at radius 2 is 1.83 bits per heavy atom. The minimum absolute atomic E-state index is 0.264. The first kappa shape index (κ1) is 14.1.